The average Bonchev–Trinajstić information content (AvgIpc) is 3.66. The highest BCUT2D eigenvalue weighted by molar-refractivity contribution is 8.00. The Balaban J connectivity index is 1.19. The summed E-state index contributed by atoms with van der Waals surface area (Å²) in [6, 6.07) is 11.2. The molecule has 3 aromatic rings. The zero-order valence-corrected chi connectivity index (χ0v) is 20.9. The first-order valence-electron chi connectivity index (χ1n) is 12.1. The van der Waals surface area contributed by atoms with E-state index in [2.05, 4.69) is 10.3 Å². The van der Waals surface area contributed by atoms with E-state index in [1.165, 1.54) is 16.2 Å². The molecular formula is C26H23N3O5S2. The topological polar surface area (TPSA) is 112 Å². The van der Waals surface area contributed by atoms with Crippen molar-refractivity contribution >= 4 is 46.5 Å². The van der Waals surface area contributed by atoms with Crippen molar-refractivity contribution in [3.63, 3.8) is 0 Å². The van der Waals surface area contributed by atoms with Crippen molar-refractivity contribution in [1.82, 2.24) is 9.88 Å². The fraction of sp³-hybridized carbons (Fsp3) is 0.385. The molecule has 2 saturated carbocycles. The number of hydrogen-bond donors (Lipinski definition) is 2. The summed E-state index contributed by atoms with van der Waals surface area (Å²) in [6.07, 6.45) is 2.44. The molecule has 2 aliphatic heterocycles. The number of carbonyl (C=O) groups is 3. The Labute approximate surface area is 214 Å². The highest BCUT2D eigenvalue weighted by Crippen LogP contribution is 2.68. The number of para-hydroxylation sites is 1. The van der Waals surface area contributed by atoms with Gasteiger partial charge in [-0.25, -0.2) is 0 Å². The standard InChI is InChI=1S/C26H23N3O5S2/c1-11-5-2-3-6-14(11)27-16(30)10-29-24(31)18-12-9-13(19(18)25(29)32)21-17(12)20(15-7-4-8-34-15)22-23(35-21)28-26(33)36-22/h2-8,12-13,17-21H,9-10H2,1H3,(H,27,30)(H,28,33)/t12?,13?,17?,18?,19?,20-,21?/m1/s1. The molecule has 7 rings (SSSR count). The minimum Gasteiger partial charge on any atom is -0.469 e. The van der Waals surface area contributed by atoms with Crippen LogP contribution >= 0.6 is 23.1 Å². The number of thioether (sulfide) groups is 1. The maximum atomic E-state index is 13.6. The first kappa shape index (κ1) is 22.1. The third-order valence-electron chi connectivity index (χ3n) is 8.39. The molecule has 2 N–H and O–H groups in total. The van der Waals surface area contributed by atoms with E-state index < -0.39 is 11.8 Å². The molecule has 2 aliphatic carbocycles. The van der Waals surface area contributed by atoms with Gasteiger partial charge in [-0.2, -0.15) is 0 Å². The number of H-pyrrole nitrogens is 1. The summed E-state index contributed by atoms with van der Waals surface area (Å²) in [5.41, 5.74) is 1.58. The lowest BCUT2D eigenvalue weighted by molar-refractivity contribution is -0.143. The number of carbonyl (C=O) groups excluding carboxylic acids is 3. The highest BCUT2D eigenvalue weighted by atomic mass is 32.2. The van der Waals surface area contributed by atoms with Crippen LogP contribution in [-0.4, -0.2) is 39.4 Å². The Morgan fingerprint density at radius 1 is 1.11 bits per heavy atom. The van der Waals surface area contributed by atoms with Gasteiger partial charge in [-0.3, -0.25) is 24.1 Å². The van der Waals surface area contributed by atoms with Crippen molar-refractivity contribution in [1.29, 1.82) is 0 Å². The van der Waals surface area contributed by atoms with Crippen LogP contribution in [0.1, 0.15) is 28.5 Å². The van der Waals surface area contributed by atoms with Gasteiger partial charge in [0, 0.05) is 10.9 Å². The van der Waals surface area contributed by atoms with Gasteiger partial charge in [-0.15, -0.1) is 11.8 Å². The van der Waals surface area contributed by atoms with Crippen LogP contribution < -0.4 is 10.2 Å². The first-order chi connectivity index (χ1) is 17.4. The molecule has 0 radical (unpaired) electrons. The van der Waals surface area contributed by atoms with Crippen molar-refractivity contribution in [2.45, 2.75) is 29.5 Å². The minimum atomic E-state index is -0.426. The molecule has 6 unspecified atom stereocenters. The van der Waals surface area contributed by atoms with E-state index in [9.17, 15) is 19.2 Å². The third-order valence-corrected chi connectivity index (χ3v) is 11.0. The third kappa shape index (κ3) is 3.06. The molecule has 7 atom stereocenters. The van der Waals surface area contributed by atoms with Crippen LogP contribution in [0, 0.1) is 36.5 Å². The molecule has 4 heterocycles. The number of aryl methyl sites for hydroxylation is 1. The predicted octanol–water partition coefficient (Wildman–Crippen LogP) is 3.45. The summed E-state index contributed by atoms with van der Waals surface area (Å²) < 4.78 is 5.82. The smallest absolute Gasteiger partial charge is 0.305 e. The highest BCUT2D eigenvalue weighted by Gasteiger charge is 2.69. The second-order valence-corrected chi connectivity index (χ2v) is 12.3. The molecular weight excluding hydrogens is 498 g/mol. The van der Waals surface area contributed by atoms with Crippen molar-refractivity contribution in [3.8, 4) is 0 Å². The number of furan rings is 1. The Morgan fingerprint density at radius 3 is 2.64 bits per heavy atom. The zero-order chi connectivity index (χ0) is 24.7. The molecule has 10 heteroatoms. The van der Waals surface area contributed by atoms with Crippen molar-refractivity contribution in [2.24, 2.45) is 29.6 Å². The molecule has 0 spiro atoms. The van der Waals surface area contributed by atoms with Crippen LogP contribution in [0.3, 0.4) is 0 Å². The molecule has 8 nitrogen and oxygen atoms in total. The van der Waals surface area contributed by atoms with E-state index in [-0.39, 0.29) is 58.1 Å². The van der Waals surface area contributed by atoms with Crippen LogP contribution in [0.25, 0.3) is 0 Å². The van der Waals surface area contributed by atoms with Crippen molar-refractivity contribution in [2.75, 3.05) is 11.9 Å². The van der Waals surface area contributed by atoms with Gasteiger partial charge in [0.05, 0.1) is 33.9 Å². The molecule has 1 saturated heterocycles. The number of nitrogens with zero attached hydrogens (tertiary/aromatic N) is 1. The second kappa shape index (κ2) is 7.94. The number of amides is 3. The molecule has 1 aromatic carbocycles. The van der Waals surface area contributed by atoms with E-state index in [1.807, 2.05) is 37.3 Å². The number of benzene rings is 1. The number of rotatable bonds is 4. The Morgan fingerprint density at radius 2 is 1.89 bits per heavy atom. The van der Waals surface area contributed by atoms with Crippen LogP contribution in [0.5, 0.6) is 0 Å². The fourth-order valence-electron chi connectivity index (χ4n) is 7.07. The fourth-order valence-corrected chi connectivity index (χ4v) is 9.94. The Kier molecular flexibility index (Phi) is 4.88. The quantitative estimate of drug-likeness (QED) is 0.509. The average molecular weight is 522 g/mol. The molecule has 36 heavy (non-hydrogen) atoms. The molecule has 3 fully saturated rings. The minimum absolute atomic E-state index is 0.00108. The van der Waals surface area contributed by atoms with E-state index in [4.69, 9.17) is 4.42 Å². The summed E-state index contributed by atoms with van der Waals surface area (Å²) in [4.78, 5) is 57.2. The zero-order valence-electron chi connectivity index (χ0n) is 19.3. The van der Waals surface area contributed by atoms with Gasteiger partial charge in [0.25, 0.3) is 0 Å². The molecule has 184 valence electrons. The van der Waals surface area contributed by atoms with Crippen LogP contribution in [0.4, 0.5) is 5.69 Å². The summed E-state index contributed by atoms with van der Waals surface area (Å²) in [6.45, 7) is 1.62. The summed E-state index contributed by atoms with van der Waals surface area (Å²) in [5, 5.41) is 3.79. The second-order valence-electron chi connectivity index (χ2n) is 10.1. The van der Waals surface area contributed by atoms with E-state index in [0.717, 1.165) is 27.6 Å². The number of hydrogen-bond acceptors (Lipinski definition) is 7. The van der Waals surface area contributed by atoms with Gasteiger partial charge < -0.3 is 14.7 Å². The van der Waals surface area contributed by atoms with E-state index in [1.54, 1.807) is 24.1 Å². The molecule has 3 amide bonds. The van der Waals surface area contributed by atoms with E-state index >= 15 is 0 Å². The number of likely N-dealkylation sites (tertiary alicyclic amines) is 1. The van der Waals surface area contributed by atoms with Gasteiger partial charge in [-0.05, 0) is 54.9 Å². The Hall–Kier alpha value is -3.11. The van der Waals surface area contributed by atoms with Gasteiger partial charge in [0.1, 0.15) is 12.3 Å². The van der Waals surface area contributed by atoms with Crippen LogP contribution in [0.2, 0.25) is 0 Å². The monoisotopic (exact) mass is 521 g/mol. The van der Waals surface area contributed by atoms with Crippen LogP contribution in [0.15, 0.2) is 56.9 Å². The normalized spacial score (nSPS) is 31.9. The number of nitrogens with one attached hydrogen (secondary N) is 2. The number of fused-ring (bicyclic) bond motifs is 9. The van der Waals surface area contributed by atoms with Gasteiger partial charge in [0.2, 0.25) is 17.7 Å². The lowest BCUT2D eigenvalue weighted by atomic mass is 9.69. The SMILES string of the molecule is Cc1ccccc1NC(=O)CN1C(=O)C2C3CC(C2C1=O)C1C3Sc2[nH]c(=O)sc2[C@@H]1c1ccco1. The summed E-state index contributed by atoms with van der Waals surface area (Å²) in [7, 11) is 0. The maximum Gasteiger partial charge on any atom is 0.305 e. The largest absolute Gasteiger partial charge is 0.469 e. The van der Waals surface area contributed by atoms with Gasteiger partial charge in [0.15, 0.2) is 0 Å². The number of aromatic amines is 1. The van der Waals surface area contributed by atoms with Crippen molar-refractivity contribution < 1.29 is 18.8 Å². The lowest BCUT2D eigenvalue weighted by Crippen LogP contribution is -2.42. The van der Waals surface area contributed by atoms with E-state index in [0.29, 0.717) is 5.69 Å². The van der Waals surface area contributed by atoms with Gasteiger partial charge >= 0.3 is 4.87 Å². The molecule has 2 aromatic heterocycles. The summed E-state index contributed by atoms with van der Waals surface area (Å²) in [5.74, 6) is -0.926. The number of aromatic nitrogens is 1. The molecule has 4 aliphatic rings. The van der Waals surface area contributed by atoms with Gasteiger partial charge in [-0.1, -0.05) is 29.5 Å². The lowest BCUT2D eigenvalue weighted by Gasteiger charge is -2.42. The maximum absolute atomic E-state index is 13.6. The first-order valence-corrected chi connectivity index (χ1v) is 13.8. The number of anilines is 1. The number of thiazole rings is 1. The summed E-state index contributed by atoms with van der Waals surface area (Å²) >= 11 is 2.84. The van der Waals surface area contributed by atoms with Crippen LogP contribution in [-0.2, 0) is 14.4 Å². The van der Waals surface area contributed by atoms with Crippen molar-refractivity contribution in [3.05, 3.63) is 68.5 Å². The number of imide groups is 1. The Bertz CT molecular complexity index is 1460. The predicted molar refractivity (Wildman–Crippen MR) is 134 cm³/mol. The molecule has 2 bridgehead atoms.